The second-order valence-corrected chi connectivity index (χ2v) is 6.60. The summed E-state index contributed by atoms with van der Waals surface area (Å²) in [6, 6.07) is 11.2. The number of piperazine rings is 1. The first-order valence-electron chi connectivity index (χ1n) is 8.59. The molecule has 0 spiro atoms. The minimum Gasteiger partial charge on any atom is -0.367 e. The predicted octanol–water partition coefficient (Wildman–Crippen LogP) is 1.99. The molecule has 0 unspecified atom stereocenters. The van der Waals surface area contributed by atoms with Gasteiger partial charge in [-0.15, -0.1) is 0 Å². The molecule has 1 saturated heterocycles. The molecule has 0 radical (unpaired) electrons. The first kappa shape index (κ1) is 18.2. The number of pyridine rings is 1. The van der Waals surface area contributed by atoms with Crippen molar-refractivity contribution in [2.75, 3.05) is 37.6 Å². The molecule has 0 saturated carbocycles. The van der Waals surface area contributed by atoms with Crippen LogP contribution in [0, 0.1) is 0 Å². The van der Waals surface area contributed by atoms with Crippen molar-refractivity contribution in [3.05, 3.63) is 58.9 Å². The van der Waals surface area contributed by atoms with E-state index in [9.17, 15) is 9.59 Å². The fourth-order valence-electron chi connectivity index (χ4n) is 2.85. The number of benzene rings is 1. The molecule has 1 fully saturated rings. The van der Waals surface area contributed by atoms with Gasteiger partial charge < -0.3 is 15.1 Å². The zero-order valence-electron chi connectivity index (χ0n) is 14.4. The van der Waals surface area contributed by atoms with Crippen LogP contribution in [0.3, 0.4) is 0 Å². The van der Waals surface area contributed by atoms with Gasteiger partial charge in [0.05, 0.1) is 11.9 Å². The van der Waals surface area contributed by atoms with Crippen LogP contribution in [-0.4, -0.2) is 54.9 Å². The molecular formula is C19H21ClN4O2. The van der Waals surface area contributed by atoms with Gasteiger partial charge in [-0.05, 0) is 36.2 Å². The van der Waals surface area contributed by atoms with Gasteiger partial charge in [-0.3, -0.25) is 9.59 Å². The molecule has 1 aromatic heterocycles. The molecule has 1 aromatic carbocycles. The van der Waals surface area contributed by atoms with E-state index < -0.39 is 0 Å². The van der Waals surface area contributed by atoms with Gasteiger partial charge >= 0.3 is 0 Å². The zero-order chi connectivity index (χ0) is 18.4. The molecule has 0 bridgehead atoms. The van der Waals surface area contributed by atoms with Crippen molar-refractivity contribution >= 4 is 29.6 Å². The fraction of sp³-hybridized carbons (Fsp3) is 0.316. The van der Waals surface area contributed by atoms with E-state index in [2.05, 4.69) is 15.2 Å². The largest absolute Gasteiger partial charge is 0.367 e. The Labute approximate surface area is 157 Å². The van der Waals surface area contributed by atoms with Crippen LogP contribution in [0.5, 0.6) is 0 Å². The third-order valence-electron chi connectivity index (χ3n) is 4.42. The molecule has 2 aromatic rings. The molecular weight excluding hydrogens is 352 g/mol. The standard InChI is InChI=1S/C19H21ClN4O2/c20-16-3-1-15(2-4-16)7-8-21-19(26)18-6-5-17(13-22-18)24-11-9-23(14-25)10-12-24/h1-6,13-14H,7-12H2,(H,21,26). The summed E-state index contributed by atoms with van der Waals surface area (Å²) in [5.41, 5.74) is 2.48. The van der Waals surface area contributed by atoms with Gasteiger partial charge in [0.1, 0.15) is 5.69 Å². The van der Waals surface area contributed by atoms with E-state index in [-0.39, 0.29) is 5.91 Å². The number of hydrogen-bond acceptors (Lipinski definition) is 4. The molecule has 136 valence electrons. The van der Waals surface area contributed by atoms with Crippen molar-refractivity contribution in [3.63, 3.8) is 0 Å². The number of aromatic nitrogens is 1. The maximum absolute atomic E-state index is 12.2. The molecule has 0 aliphatic carbocycles. The Morgan fingerprint density at radius 2 is 1.85 bits per heavy atom. The van der Waals surface area contributed by atoms with Gasteiger partial charge in [0.15, 0.2) is 0 Å². The average molecular weight is 373 g/mol. The first-order valence-corrected chi connectivity index (χ1v) is 8.96. The zero-order valence-corrected chi connectivity index (χ0v) is 15.2. The number of rotatable bonds is 6. The average Bonchev–Trinajstić information content (AvgIpc) is 2.69. The summed E-state index contributed by atoms with van der Waals surface area (Å²) in [7, 11) is 0. The quantitative estimate of drug-likeness (QED) is 0.787. The SMILES string of the molecule is O=CN1CCN(c2ccc(C(=O)NCCc3ccc(Cl)cc3)nc2)CC1. The van der Waals surface area contributed by atoms with Crippen molar-refractivity contribution in [2.45, 2.75) is 6.42 Å². The first-order chi connectivity index (χ1) is 12.7. The van der Waals surface area contributed by atoms with E-state index in [1.807, 2.05) is 30.3 Å². The number of carbonyl (C=O) groups excluding carboxylic acids is 2. The van der Waals surface area contributed by atoms with Gasteiger partial charge in [-0.25, -0.2) is 4.98 Å². The molecule has 0 atom stereocenters. The molecule has 2 amide bonds. The number of nitrogens with one attached hydrogen (secondary N) is 1. The highest BCUT2D eigenvalue weighted by molar-refractivity contribution is 6.30. The smallest absolute Gasteiger partial charge is 0.269 e. The van der Waals surface area contributed by atoms with Gasteiger partial charge in [0, 0.05) is 37.7 Å². The van der Waals surface area contributed by atoms with E-state index in [1.54, 1.807) is 17.2 Å². The van der Waals surface area contributed by atoms with Crippen LogP contribution in [0.15, 0.2) is 42.6 Å². The predicted molar refractivity (Wildman–Crippen MR) is 102 cm³/mol. The summed E-state index contributed by atoms with van der Waals surface area (Å²) in [5, 5.41) is 3.58. The molecule has 6 nitrogen and oxygen atoms in total. The van der Waals surface area contributed by atoms with Crippen molar-refractivity contribution in [1.82, 2.24) is 15.2 Å². The summed E-state index contributed by atoms with van der Waals surface area (Å²) in [6.45, 7) is 3.49. The monoisotopic (exact) mass is 372 g/mol. The van der Waals surface area contributed by atoms with Gasteiger partial charge in [0.2, 0.25) is 6.41 Å². The maximum Gasteiger partial charge on any atom is 0.269 e. The van der Waals surface area contributed by atoms with Crippen LogP contribution in [0.4, 0.5) is 5.69 Å². The van der Waals surface area contributed by atoms with Crippen LogP contribution in [0.1, 0.15) is 16.1 Å². The van der Waals surface area contributed by atoms with Crippen molar-refractivity contribution in [3.8, 4) is 0 Å². The van der Waals surface area contributed by atoms with Gasteiger partial charge in [-0.2, -0.15) is 0 Å². The molecule has 2 heterocycles. The van der Waals surface area contributed by atoms with Gasteiger partial charge in [-0.1, -0.05) is 23.7 Å². The minimum atomic E-state index is -0.184. The Hall–Kier alpha value is -2.60. The van der Waals surface area contributed by atoms with E-state index in [1.165, 1.54) is 0 Å². The topological polar surface area (TPSA) is 65.5 Å². The van der Waals surface area contributed by atoms with E-state index in [0.29, 0.717) is 30.4 Å². The highest BCUT2D eigenvalue weighted by atomic mass is 35.5. The Kier molecular flexibility index (Phi) is 6.07. The van der Waals surface area contributed by atoms with Crippen LogP contribution in [0.2, 0.25) is 5.02 Å². The Morgan fingerprint density at radius 3 is 2.46 bits per heavy atom. The lowest BCUT2D eigenvalue weighted by Gasteiger charge is -2.33. The molecule has 1 N–H and O–H groups in total. The molecule has 1 aliphatic heterocycles. The van der Waals surface area contributed by atoms with Crippen LogP contribution in [0.25, 0.3) is 0 Å². The summed E-state index contributed by atoms with van der Waals surface area (Å²) in [5.74, 6) is -0.184. The third kappa shape index (κ3) is 4.73. The maximum atomic E-state index is 12.2. The Balaban J connectivity index is 1.49. The molecule has 1 aliphatic rings. The lowest BCUT2D eigenvalue weighted by Crippen LogP contribution is -2.45. The number of amides is 2. The summed E-state index contributed by atoms with van der Waals surface area (Å²) in [6.07, 6.45) is 3.33. The van der Waals surface area contributed by atoms with Crippen molar-refractivity contribution < 1.29 is 9.59 Å². The number of carbonyl (C=O) groups is 2. The molecule has 7 heteroatoms. The number of nitrogens with zero attached hydrogens (tertiary/aromatic N) is 3. The minimum absolute atomic E-state index is 0.184. The van der Waals surface area contributed by atoms with Gasteiger partial charge in [0.25, 0.3) is 5.91 Å². The second-order valence-electron chi connectivity index (χ2n) is 6.16. The Bertz CT molecular complexity index is 741. The third-order valence-corrected chi connectivity index (χ3v) is 4.67. The number of halogens is 1. The molecule has 26 heavy (non-hydrogen) atoms. The summed E-state index contributed by atoms with van der Waals surface area (Å²) < 4.78 is 0. The summed E-state index contributed by atoms with van der Waals surface area (Å²) >= 11 is 5.86. The van der Waals surface area contributed by atoms with Crippen molar-refractivity contribution in [2.24, 2.45) is 0 Å². The van der Waals surface area contributed by atoms with Crippen LogP contribution < -0.4 is 10.2 Å². The fourth-order valence-corrected chi connectivity index (χ4v) is 2.98. The molecule has 3 rings (SSSR count). The van der Waals surface area contributed by atoms with Crippen LogP contribution in [-0.2, 0) is 11.2 Å². The van der Waals surface area contributed by atoms with Crippen LogP contribution >= 0.6 is 11.6 Å². The second kappa shape index (κ2) is 8.67. The summed E-state index contributed by atoms with van der Waals surface area (Å²) in [4.78, 5) is 31.2. The lowest BCUT2D eigenvalue weighted by atomic mass is 10.1. The highest BCUT2D eigenvalue weighted by Gasteiger charge is 2.16. The normalized spacial score (nSPS) is 14.2. The number of hydrogen-bond donors (Lipinski definition) is 1. The number of anilines is 1. The van der Waals surface area contributed by atoms with Crippen molar-refractivity contribution in [1.29, 1.82) is 0 Å². The Morgan fingerprint density at radius 1 is 1.12 bits per heavy atom. The highest BCUT2D eigenvalue weighted by Crippen LogP contribution is 2.15. The van der Waals surface area contributed by atoms with E-state index >= 15 is 0 Å². The van der Waals surface area contributed by atoms with E-state index in [4.69, 9.17) is 11.6 Å². The van der Waals surface area contributed by atoms with E-state index in [0.717, 1.165) is 37.2 Å². The lowest BCUT2D eigenvalue weighted by molar-refractivity contribution is -0.118.